The zero-order chi connectivity index (χ0) is 14.5. The standard InChI is InChI=1S/C16H22ClNO2/c1-3-8-18(10-13-4-5-13)16(19)11-20-15-7-6-14(17)9-12(15)2/h6-7,9,13H,3-5,8,10-11H2,1-2H3. The van der Waals surface area contributed by atoms with Crippen LogP contribution in [0.3, 0.4) is 0 Å². The summed E-state index contributed by atoms with van der Waals surface area (Å²) in [4.78, 5) is 14.2. The number of carbonyl (C=O) groups excluding carboxylic acids is 1. The summed E-state index contributed by atoms with van der Waals surface area (Å²) in [6.07, 6.45) is 3.49. The van der Waals surface area contributed by atoms with E-state index in [4.69, 9.17) is 16.3 Å². The largest absolute Gasteiger partial charge is 0.483 e. The Balaban J connectivity index is 1.88. The van der Waals surface area contributed by atoms with Crippen LogP contribution in [0.4, 0.5) is 0 Å². The van der Waals surface area contributed by atoms with E-state index in [2.05, 4.69) is 6.92 Å². The molecule has 0 aliphatic heterocycles. The van der Waals surface area contributed by atoms with Crippen molar-refractivity contribution in [1.29, 1.82) is 0 Å². The number of carbonyl (C=O) groups is 1. The molecule has 1 saturated carbocycles. The molecule has 0 bridgehead atoms. The quantitative estimate of drug-likeness (QED) is 0.768. The molecule has 3 nitrogen and oxygen atoms in total. The Morgan fingerprint density at radius 3 is 2.80 bits per heavy atom. The van der Waals surface area contributed by atoms with Crippen molar-refractivity contribution in [1.82, 2.24) is 4.90 Å². The summed E-state index contributed by atoms with van der Waals surface area (Å²) in [6, 6.07) is 5.44. The van der Waals surface area contributed by atoms with E-state index in [1.807, 2.05) is 24.0 Å². The van der Waals surface area contributed by atoms with Crippen LogP contribution in [0.2, 0.25) is 5.02 Å². The van der Waals surface area contributed by atoms with Gasteiger partial charge in [0, 0.05) is 18.1 Å². The van der Waals surface area contributed by atoms with Crippen molar-refractivity contribution in [3.05, 3.63) is 28.8 Å². The molecule has 0 N–H and O–H groups in total. The van der Waals surface area contributed by atoms with E-state index in [9.17, 15) is 4.79 Å². The molecule has 0 heterocycles. The molecule has 20 heavy (non-hydrogen) atoms. The van der Waals surface area contributed by atoms with Crippen LogP contribution in [0, 0.1) is 12.8 Å². The van der Waals surface area contributed by atoms with Gasteiger partial charge >= 0.3 is 0 Å². The number of nitrogens with zero attached hydrogens (tertiary/aromatic N) is 1. The van der Waals surface area contributed by atoms with Gasteiger partial charge in [-0.3, -0.25) is 4.79 Å². The monoisotopic (exact) mass is 295 g/mol. The molecule has 1 aromatic rings. The first-order valence-electron chi connectivity index (χ1n) is 7.27. The summed E-state index contributed by atoms with van der Waals surface area (Å²) in [5.74, 6) is 1.52. The maximum absolute atomic E-state index is 12.2. The van der Waals surface area contributed by atoms with Crippen molar-refractivity contribution >= 4 is 17.5 Å². The minimum atomic E-state index is 0.0769. The molecular weight excluding hydrogens is 274 g/mol. The predicted octanol–water partition coefficient (Wildman–Crippen LogP) is 3.68. The van der Waals surface area contributed by atoms with Crippen LogP contribution < -0.4 is 4.74 Å². The fourth-order valence-electron chi connectivity index (χ4n) is 2.21. The summed E-state index contributed by atoms with van der Waals surface area (Å²) >= 11 is 5.90. The Morgan fingerprint density at radius 2 is 2.20 bits per heavy atom. The molecule has 0 radical (unpaired) electrons. The lowest BCUT2D eigenvalue weighted by molar-refractivity contribution is -0.133. The van der Waals surface area contributed by atoms with Gasteiger partial charge in [-0.05, 0) is 55.9 Å². The fourth-order valence-corrected chi connectivity index (χ4v) is 2.43. The van der Waals surface area contributed by atoms with Gasteiger partial charge in [0.25, 0.3) is 5.91 Å². The van der Waals surface area contributed by atoms with E-state index in [0.29, 0.717) is 10.9 Å². The number of rotatable bonds is 7. The Morgan fingerprint density at radius 1 is 1.45 bits per heavy atom. The van der Waals surface area contributed by atoms with Gasteiger partial charge in [0.2, 0.25) is 0 Å². The maximum atomic E-state index is 12.2. The molecule has 0 saturated heterocycles. The summed E-state index contributed by atoms with van der Waals surface area (Å²) < 4.78 is 5.63. The van der Waals surface area contributed by atoms with Crippen molar-refractivity contribution in [2.75, 3.05) is 19.7 Å². The molecule has 110 valence electrons. The van der Waals surface area contributed by atoms with E-state index >= 15 is 0 Å². The zero-order valence-electron chi connectivity index (χ0n) is 12.2. The average Bonchev–Trinajstić information content (AvgIpc) is 3.21. The van der Waals surface area contributed by atoms with Crippen molar-refractivity contribution in [3.63, 3.8) is 0 Å². The van der Waals surface area contributed by atoms with Gasteiger partial charge in [0.1, 0.15) is 5.75 Å². The van der Waals surface area contributed by atoms with Crippen LogP contribution in [-0.2, 0) is 4.79 Å². The van der Waals surface area contributed by atoms with Crippen LogP contribution in [0.25, 0.3) is 0 Å². The van der Waals surface area contributed by atoms with E-state index in [1.54, 1.807) is 6.07 Å². The van der Waals surface area contributed by atoms with E-state index in [0.717, 1.165) is 30.8 Å². The van der Waals surface area contributed by atoms with Gasteiger partial charge < -0.3 is 9.64 Å². The van der Waals surface area contributed by atoms with Crippen molar-refractivity contribution < 1.29 is 9.53 Å². The maximum Gasteiger partial charge on any atom is 0.260 e. The minimum absolute atomic E-state index is 0.0769. The smallest absolute Gasteiger partial charge is 0.260 e. The first-order chi connectivity index (χ1) is 9.60. The van der Waals surface area contributed by atoms with Crippen molar-refractivity contribution in [3.8, 4) is 5.75 Å². The van der Waals surface area contributed by atoms with Gasteiger partial charge in [0.05, 0.1) is 0 Å². The molecular formula is C16H22ClNO2. The second-order valence-electron chi connectivity index (χ2n) is 5.48. The molecule has 0 atom stereocenters. The molecule has 0 spiro atoms. The summed E-state index contributed by atoms with van der Waals surface area (Å²) in [6.45, 7) is 5.83. The number of benzene rings is 1. The lowest BCUT2D eigenvalue weighted by Gasteiger charge is -2.22. The number of halogens is 1. The molecule has 1 amide bonds. The van der Waals surface area contributed by atoms with Gasteiger partial charge in [-0.1, -0.05) is 18.5 Å². The predicted molar refractivity (Wildman–Crippen MR) is 81.3 cm³/mol. The Labute approximate surface area is 125 Å². The number of aryl methyl sites for hydroxylation is 1. The Hall–Kier alpha value is -1.22. The number of amides is 1. The fraction of sp³-hybridized carbons (Fsp3) is 0.562. The van der Waals surface area contributed by atoms with Crippen molar-refractivity contribution in [2.24, 2.45) is 5.92 Å². The molecule has 0 unspecified atom stereocenters. The lowest BCUT2D eigenvalue weighted by Crippen LogP contribution is -2.37. The Bertz CT molecular complexity index is 472. The zero-order valence-corrected chi connectivity index (χ0v) is 12.9. The van der Waals surface area contributed by atoms with Gasteiger partial charge in [-0.25, -0.2) is 0 Å². The number of hydrogen-bond acceptors (Lipinski definition) is 2. The van der Waals surface area contributed by atoms with Crippen molar-refractivity contribution in [2.45, 2.75) is 33.1 Å². The normalized spacial score (nSPS) is 14.2. The first-order valence-corrected chi connectivity index (χ1v) is 7.64. The second kappa shape index (κ2) is 6.98. The van der Waals surface area contributed by atoms with Crippen LogP contribution in [-0.4, -0.2) is 30.5 Å². The number of hydrogen-bond donors (Lipinski definition) is 0. The van der Waals surface area contributed by atoms with Crippen LogP contribution >= 0.6 is 11.6 Å². The average molecular weight is 296 g/mol. The highest BCUT2D eigenvalue weighted by atomic mass is 35.5. The Kier molecular flexibility index (Phi) is 5.30. The molecule has 4 heteroatoms. The highest BCUT2D eigenvalue weighted by Crippen LogP contribution is 2.30. The van der Waals surface area contributed by atoms with Gasteiger partial charge in [-0.15, -0.1) is 0 Å². The van der Waals surface area contributed by atoms with Gasteiger partial charge in [0.15, 0.2) is 6.61 Å². The summed E-state index contributed by atoms with van der Waals surface area (Å²) in [7, 11) is 0. The van der Waals surface area contributed by atoms with E-state index < -0.39 is 0 Å². The summed E-state index contributed by atoms with van der Waals surface area (Å²) in [5, 5.41) is 0.683. The highest BCUT2D eigenvalue weighted by Gasteiger charge is 2.26. The highest BCUT2D eigenvalue weighted by molar-refractivity contribution is 6.30. The first kappa shape index (κ1) is 15.2. The third kappa shape index (κ3) is 4.41. The van der Waals surface area contributed by atoms with E-state index in [-0.39, 0.29) is 12.5 Å². The summed E-state index contributed by atoms with van der Waals surface area (Å²) in [5.41, 5.74) is 0.953. The molecule has 1 fully saturated rings. The second-order valence-corrected chi connectivity index (χ2v) is 5.92. The van der Waals surface area contributed by atoms with Crippen LogP contribution in [0.15, 0.2) is 18.2 Å². The minimum Gasteiger partial charge on any atom is -0.483 e. The van der Waals surface area contributed by atoms with E-state index in [1.165, 1.54) is 12.8 Å². The van der Waals surface area contributed by atoms with Crippen LogP contribution in [0.1, 0.15) is 31.7 Å². The molecule has 1 aliphatic rings. The van der Waals surface area contributed by atoms with Crippen LogP contribution in [0.5, 0.6) is 5.75 Å². The molecule has 1 aromatic carbocycles. The topological polar surface area (TPSA) is 29.5 Å². The number of ether oxygens (including phenoxy) is 1. The molecule has 0 aromatic heterocycles. The third-order valence-electron chi connectivity index (χ3n) is 3.51. The molecule has 1 aliphatic carbocycles. The van der Waals surface area contributed by atoms with Gasteiger partial charge in [-0.2, -0.15) is 0 Å². The lowest BCUT2D eigenvalue weighted by atomic mass is 10.2. The SMILES string of the molecule is CCCN(CC1CC1)C(=O)COc1ccc(Cl)cc1C. The molecule has 2 rings (SSSR count). The third-order valence-corrected chi connectivity index (χ3v) is 3.74.